The number of pyridine rings is 1. The molecule has 0 aliphatic carbocycles. The van der Waals surface area contributed by atoms with Gasteiger partial charge in [-0.05, 0) is 30.3 Å². The standard InChI is InChI=1S/C20H21BrN4O4/c1-27-10-20(11-28-2)18(26)17(15-8-14(21)5-6-16(15)29-20)25-19(24-12-22)13-4-3-7-23-9-13/h3-9,17-18,26H,10-11H2,1-2H3,(H,24,25)/t17-,18+/m1/s1. The van der Waals surface area contributed by atoms with Gasteiger partial charge in [0.2, 0.25) is 0 Å². The Kier molecular flexibility index (Phi) is 6.82. The molecular formula is C20H21BrN4O4. The summed E-state index contributed by atoms with van der Waals surface area (Å²) in [6.07, 6.45) is 4.02. The van der Waals surface area contributed by atoms with Gasteiger partial charge < -0.3 is 19.3 Å². The minimum atomic E-state index is -1.16. The second-order valence-electron chi connectivity index (χ2n) is 6.56. The van der Waals surface area contributed by atoms with Gasteiger partial charge in [-0.15, -0.1) is 0 Å². The second-order valence-corrected chi connectivity index (χ2v) is 7.48. The van der Waals surface area contributed by atoms with Gasteiger partial charge in [0, 0.05) is 42.2 Å². The van der Waals surface area contributed by atoms with E-state index in [4.69, 9.17) is 19.2 Å². The first-order valence-electron chi connectivity index (χ1n) is 8.82. The highest BCUT2D eigenvalue weighted by molar-refractivity contribution is 9.10. The molecule has 0 fully saturated rings. The molecular weight excluding hydrogens is 440 g/mol. The fourth-order valence-electron chi connectivity index (χ4n) is 3.35. The van der Waals surface area contributed by atoms with E-state index in [-0.39, 0.29) is 13.2 Å². The number of ether oxygens (including phenoxy) is 3. The maximum Gasteiger partial charge on any atom is 0.183 e. The molecule has 3 rings (SSSR count). The summed E-state index contributed by atoms with van der Waals surface area (Å²) in [6, 6.07) is 8.27. The fraction of sp³-hybridized carbons (Fsp3) is 0.350. The molecule has 0 spiro atoms. The van der Waals surface area contributed by atoms with Crippen LogP contribution in [-0.2, 0) is 9.47 Å². The third-order valence-electron chi connectivity index (χ3n) is 4.60. The molecule has 1 aliphatic heterocycles. The summed E-state index contributed by atoms with van der Waals surface area (Å²) in [5.41, 5.74) is 0.134. The highest BCUT2D eigenvalue weighted by Gasteiger charge is 2.50. The van der Waals surface area contributed by atoms with Crippen LogP contribution in [0, 0.1) is 11.5 Å². The molecule has 2 heterocycles. The zero-order chi connectivity index (χ0) is 20.9. The molecule has 0 radical (unpaired) electrons. The number of aliphatic hydroxyl groups is 1. The Bertz CT molecular complexity index is 910. The van der Waals surface area contributed by atoms with E-state index >= 15 is 0 Å². The van der Waals surface area contributed by atoms with Crippen molar-refractivity contribution < 1.29 is 19.3 Å². The Morgan fingerprint density at radius 1 is 1.38 bits per heavy atom. The predicted molar refractivity (Wildman–Crippen MR) is 110 cm³/mol. The van der Waals surface area contributed by atoms with Crippen LogP contribution < -0.4 is 10.1 Å². The number of nitrogens with zero attached hydrogens (tertiary/aromatic N) is 3. The van der Waals surface area contributed by atoms with Crippen LogP contribution in [0.1, 0.15) is 17.2 Å². The molecule has 2 N–H and O–H groups in total. The van der Waals surface area contributed by atoms with Gasteiger partial charge in [0.15, 0.2) is 11.8 Å². The van der Waals surface area contributed by atoms with Gasteiger partial charge in [0.1, 0.15) is 23.7 Å². The van der Waals surface area contributed by atoms with Gasteiger partial charge >= 0.3 is 0 Å². The Labute approximate surface area is 177 Å². The van der Waals surface area contributed by atoms with E-state index in [0.717, 1.165) is 4.47 Å². The van der Waals surface area contributed by atoms with E-state index in [2.05, 4.69) is 26.2 Å². The highest BCUT2D eigenvalue weighted by Crippen LogP contribution is 2.43. The number of halogens is 1. The van der Waals surface area contributed by atoms with Crippen molar-refractivity contribution in [2.24, 2.45) is 4.99 Å². The number of aliphatic imine (C=N–C) groups is 1. The summed E-state index contributed by atoms with van der Waals surface area (Å²) in [5, 5.41) is 23.1. The van der Waals surface area contributed by atoms with Crippen LogP contribution in [0.2, 0.25) is 0 Å². The Morgan fingerprint density at radius 3 is 2.76 bits per heavy atom. The predicted octanol–water partition coefficient (Wildman–Crippen LogP) is 2.19. The number of aromatic nitrogens is 1. The van der Waals surface area contributed by atoms with Crippen LogP contribution >= 0.6 is 15.9 Å². The van der Waals surface area contributed by atoms with Crippen molar-refractivity contribution in [3.8, 4) is 11.9 Å². The summed E-state index contributed by atoms with van der Waals surface area (Å²) >= 11 is 3.46. The van der Waals surface area contributed by atoms with Crippen molar-refractivity contribution >= 4 is 21.8 Å². The lowest BCUT2D eigenvalue weighted by Gasteiger charge is -2.44. The molecule has 0 bridgehead atoms. The quantitative estimate of drug-likeness (QED) is 0.294. The van der Waals surface area contributed by atoms with Gasteiger partial charge in [-0.25, -0.2) is 0 Å². The maximum atomic E-state index is 11.3. The van der Waals surface area contributed by atoms with Crippen LogP contribution in [0.15, 0.2) is 52.2 Å². The number of amidine groups is 1. The molecule has 2 aromatic rings. The molecule has 1 aromatic heterocycles. The average molecular weight is 461 g/mol. The van der Waals surface area contributed by atoms with Crippen molar-refractivity contribution in [1.29, 1.82) is 5.26 Å². The average Bonchev–Trinajstić information content (AvgIpc) is 2.72. The molecule has 0 amide bonds. The number of hydrogen-bond acceptors (Lipinski definition) is 7. The number of methoxy groups -OCH3 is 2. The third kappa shape index (κ3) is 4.41. The summed E-state index contributed by atoms with van der Waals surface area (Å²) in [4.78, 5) is 8.78. The van der Waals surface area contributed by atoms with E-state index in [1.165, 1.54) is 14.2 Å². The lowest BCUT2D eigenvalue weighted by molar-refractivity contribution is -0.144. The second kappa shape index (κ2) is 9.33. The summed E-state index contributed by atoms with van der Waals surface area (Å²) in [5.74, 6) is 0.852. The molecule has 0 unspecified atom stereocenters. The molecule has 0 saturated carbocycles. The van der Waals surface area contributed by atoms with Crippen LogP contribution in [-0.4, -0.2) is 55.1 Å². The van der Waals surface area contributed by atoms with E-state index in [9.17, 15) is 10.4 Å². The largest absolute Gasteiger partial charge is 0.479 e. The molecule has 1 aromatic carbocycles. The number of nitrogens with one attached hydrogen (secondary N) is 1. The number of fused-ring (bicyclic) bond motifs is 1. The zero-order valence-corrected chi connectivity index (χ0v) is 17.6. The number of rotatable bonds is 6. The minimum Gasteiger partial charge on any atom is -0.479 e. The Morgan fingerprint density at radius 2 is 2.14 bits per heavy atom. The minimum absolute atomic E-state index is 0.0947. The van der Waals surface area contributed by atoms with E-state index < -0.39 is 17.7 Å². The summed E-state index contributed by atoms with van der Waals surface area (Å²) < 4.78 is 17.6. The molecule has 8 nitrogen and oxygen atoms in total. The van der Waals surface area contributed by atoms with Gasteiger partial charge in [0.25, 0.3) is 0 Å². The van der Waals surface area contributed by atoms with Crippen LogP contribution in [0.25, 0.3) is 0 Å². The van der Waals surface area contributed by atoms with Crippen molar-refractivity contribution in [3.63, 3.8) is 0 Å². The van der Waals surface area contributed by atoms with Crippen LogP contribution in [0.5, 0.6) is 5.75 Å². The van der Waals surface area contributed by atoms with Crippen LogP contribution in [0.3, 0.4) is 0 Å². The summed E-state index contributed by atoms with van der Waals surface area (Å²) in [6.45, 7) is 0.189. The molecule has 152 valence electrons. The lowest BCUT2D eigenvalue weighted by Crippen LogP contribution is -2.59. The van der Waals surface area contributed by atoms with Crippen LogP contribution in [0.4, 0.5) is 0 Å². The van der Waals surface area contributed by atoms with Crippen molar-refractivity contribution in [3.05, 3.63) is 58.3 Å². The number of benzene rings is 1. The first-order valence-corrected chi connectivity index (χ1v) is 9.61. The number of hydrogen-bond donors (Lipinski definition) is 2. The first-order chi connectivity index (χ1) is 14.0. The molecule has 0 saturated heterocycles. The third-order valence-corrected chi connectivity index (χ3v) is 5.09. The van der Waals surface area contributed by atoms with E-state index in [1.807, 2.05) is 18.3 Å². The maximum absolute atomic E-state index is 11.3. The van der Waals surface area contributed by atoms with E-state index in [1.54, 1.807) is 30.6 Å². The Hall–Kier alpha value is -2.51. The zero-order valence-electron chi connectivity index (χ0n) is 16.0. The highest BCUT2D eigenvalue weighted by atomic mass is 79.9. The first kappa shape index (κ1) is 21.2. The van der Waals surface area contributed by atoms with Crippen molar-refractivity contribution in [1.82, 2.24) is 10.3 Å². The molecule has 29 heavy (non-hydrogen) atoms. The monoisotopic (exact) mass is 460 g/mol. The number of nitriles is 1. The topological polar surface area (TPSA) is 109 Å². The molecule has 2 atom stereocenters. The lowest BCUT2D eigenvalue weighted by atomic mass is 9.85. The summed E-state index contributed by atoms with van der Waals surface area (Å²) in [7, 11) is 3.06. The SMILES string of the molecule is COCC1(COC)Oc2ccc(Br)cc2[C@@H](N=C(NC#N)c2cccnc2)[C@@H]1O. The normalized spacial score (nSPS) is 20.3. The molecule has 1 aliphatic rings. The van der Waals surface area contributed by atoms with Crippen molar-refractivity contribution in [2.75, 3.05) is 27.4 Å². The fourth-order valence-corrected chi connectivity index (χ4v) is 3.73. The van der Waals surface area contributed by atoms with Crippen molar-refractivity contribution in [2.45, 2.75) is 17.7 Å². The van der Waals surface area contributed by atoms with Gasteiger partial charge in [-0.1, -0.05) is 15.9 Å². The van der Waals surface area contributed by atoms with E-state index in [0.29, 0.717) is 22.7 Å². The Balaban J connectivity index is 2.16. The van der Waals surface area contributed by atoms with Gasteiger partial charge in [-0.3, -0.25) is 15.3 Å². The smallest absolute Gasteiger partial charge is 0.183 e. The van der Waals surface area contributed by atoms with Gasteiger partial charge in [-0.2, -0.15) is 5.26 Å². The molecule has 9 heteroatoms. The van der Waals surface area contributed by atoms with Gasteiger partial charge in [0.05, 0.1) is 13.2 Å². The number of aliphatic hydroxyl groups excluding tert-OH is 1.